The van der Waals surface area contributed by atoms with Crippen molar-refractivity contribution >= 4 is 21.7 Å². The molecule has 0 aliphatic heterocycles. The zero-order chi connectivity index (χ0) is 17.0. The molecule has 2 aromatic rings. The Morgan fingerprint density at radius 3 is 2.65 bits per heavy atom. The van der Waals surface area contributed by atoms with Gasteiger partial charge in [0.15, 0.2) is 5.78 Å². The van der Waals surface area contributed by atoms with Crippen LogP contribution in [0.25, 0.3) is 0 Å². The molecule has 1 aromatic heterocycles. The van der Waals surface area contributed by atoms with Crippen molar-refractivity contribution in [1.82, 2.24) is 14.5 Å². The van der Waals surface area contributed by atoms with E-state index in [-0.39, 0.29) is 29.2 Å². The fraction of sp³-hybridized carbons (Fsp3) is 0.267. The van der Waals surface area contributed by atoms with Crippen molar-refractivity contribution in [3.8, 4) is 0 Å². The van der Waals surface area contributed by atoms with Gasteiger partial charge in [0, 0.05) is 24.7 Å². The van der Waals surface area contributed by atoms with E-state index in [1.54, 1.807) is 17.1 Å². The summed E-state index contributed by atoms with van der Waals surface area (Å²) >= 11 is 0. The van der Waals surface area contributed by atoms with Crippen molar-refractivity contribution in [2.75, 3.05) is 0 Å². The SMILES string of the molecule is CC(=O)c1cccc(S(=O)(=O)NC(=O)CCn2cc(C)cn2)c1. The number of ketones is 1. The van der Waals surface area contributed by atoms with E-state index >= 15 is 0 Å². The third-order valence-electron chi connectivity index (χ3n) is 3.13. The van der Waals surface area contributed by atoms with E-state index < -0.39 is 15.9 Å². The van der Waals surface area contributed by atoms with Crippen LogP contribution in [0.5, 0.6) is 0 Å². The first kappa shape index (κ1) is 16.9. The molecule has 23 heavy (non-hydrogen) atoms. The lowest BCUT2D eigenvalue weighted by Gasteiger charge is -2.08. The molecule has 0 aliphatic carbocycles. The summed E-state index contributed by atoms with van der Waals surface area (Å²) in [5.74, 6) is -0.881. The number of benzene rings is 1. The highest BCUT2D eigenvalue weighted by atomic mass is 32.2. The largest absolute Gasteiger partial charge is 0.295 e. The average molecular weight is 335 g/mol. The maximum Gasteiger partial charge on any atom is 0.264 e. The first-order chi connectivity index (χ1) is 10.8. The summed E-state index contributed by atoms with van der Waals surface area (Å²) < 4.78 is 27.9. The Labute approximate surface area is 134 Å². The molecule has 1 heterocycles. The molecule has 0 spiro atoms. The monoisotopic (exact) mass is 335 g/mol. The topological polar surface area (TPSA) is 98.1 Å². The summed E-state index contributed by atoms with van der Waals surface area (Å²) in [5.41, 5.74) is 1.23. The highest BCUT2D eigenvalue weighted by Gasteiger charge is 2.18. The molecule has 0 atom stereocenters. The molecule has 0 unspecified atom stereocenters. The van der Waals surface area contributed by atoms with Gasteiger partial charge in [-0.05, 0) is 31.5 Å². The number of nitrogens with one attached hydrogen (secondary N) is 1. The molecular formula is C15H17N3O4S. The van der Waals surface area contributed by atoms with Crippen LogP contribution < -0.4 is 4.72 Å². The number of Topliss-reactive ketones (excluding diaryl/α,β-unsaturated/α-hetero) is 1. The van der Waals surface area contributed by atoms with Gasteiger partial charge in [-0.15, -0.1) is 0 Å². The van der Waals surface area contributed by atoms with Crippen molar-refractivity contribution in [2.24, 2.45) is 0 Å². The molecule has 0 saturated carbocycles. The first-order valence-corrected chi connectivity index (χ1v) is 8.42. The van der Waals surface area contributed by atoms with E-state index in [1.807, 2.05) is 11.6 Å². The maximum absolute atomic E-state index is 12.2. The van der Waals surface area contributed by atoms with E-state index in [0.29, 0.717) is 0 Å². The number of aryl methyl sites for hydroxylation is 2. The van der Waals surface area contributed by atoms with Gasteiger partial charge < -0.3 is 0 Å². The molecule has 8 heteroatoms. The third-order valence-corrected chi connectivity index (χ3v) is 4.50. The molecule has 7 nitrogen and oxygen atoms in total. The van der Waals surface area contributed by atoms with Crippen molar-refractivity contribution in [1.29, 1.82) is 0 Å². The molecule has 1 amide bonds. The van der Waals surface area contributed by atoms with Crippen LogP contribution in [0.4, 0.5) is 0 Å². The van der Waals surface area contributed by atoms with Crippen LogP contribution in [-0.4, -0.2) is 29.9 Å². The second kappa shape index (κ2) is 6.74. The molecule has 0 saturated heterocycles. The van der Waals surface area contributed by atoms with Crippen molar-refractivity contribution in [3.63, 3.8) is 0 Å². The molecular weight excluding hydrogens is 318 g/mol. The van der Waals surface area contributed by atoms with Gasteiger partial charge in [-0.3, -0.25) is 14.3 Å². The zero-order valence-corrected chi connectivity index (χ0v) is 13.6. The van der Waals surface area contributed by atoms with E-state index in [0.717, 1.165) is 5.56 Å². The number of carbonyl (C=O) groups excluding carboxylic acids is 2. The van der Waals surface area contributed by atoms with Gasteiger partial charge >= 0.3 is 0 Å². The fourth-order valence-electron chi connectivity index (χ4n) is 1.95. The number of carbonyl (C=O) groups is 2. The molecule has 122 valence electrons. The number of aromatic nitrogens is 2. The van der Waals surface area contributed by atoms with Crippen LogP contribution in [-0.2, 0) is 21.4 Å². The van der Waals surface area contributed by atoms with Gasteiger partial charge in [0.05, 0.1) is 11.1 Å². The van der Waals surface area contributed by atoms with Crippen molar-refractivity contribution in [3.05, 3.63) is 47.8 Å². The van der Waals surface area contributed by atoms with Crippen LogP contribution in [0.15, 0.2) is 41.6 Å². The maximum atomic E-state index is 12.2. The number of amides is 1. The van der Waals surface area contributed by atoms with Gasteiger partial charge in [0.1, 0.15) is 0 Å². The van der Waals surface area contributed by atoms with Crippen LogP contribution in [0.1, 0.15) is 29.3 Å². The van der Waals surface area contributed by atoms with Gasteiger partial charge in [-0.25, -0.2) is 13.1 Å². The number of hydrogen-bond donors (Lipinski definition) is 1. The quantitative estimate of drug-likeness (QED) is 0.802. The van der Waals surface area contributed by atoms with E-state index in [4.69, 9.17) is 0 Å². The minimum Gasteiger partial charge on any atom is -0.295 e. The minimum absolute atomic E-state index is 0.0211. The van der Waals surface area contributed by atoms with Gasteiger partial charge in [-0.1, -0.05) is 12.1 Å². The molecule has 1 aromatic carbocycles. The van der Waals surface area contributed by atoms with Gasteiger partial charge in [0.25, 0.3) is 10.0 Å². The first-order valence-electron chi connectivity index (χ1n) is 6.93. The summed E-state index contributed by atoms with van der Waals surface area (Å²) in [4.78, 5) is 23.0. The number of sulfonamides is 1. The molecule has 1 N–H and O–H groups in total. The van der Waals surface area contributed by atoms with Crippen LogP contribution >= 0.6 is 0 Å². The molecule has 2 rings (SSSR count). The Morgan fingerprint density at radius 2 is 2.04 bits per heavy atom. The Balaban J connectivity index is 2.04. The van der Waals surface area contributed by atoms with E-state index in [9.17, 15) is 18.0 Å². The predicted octanol–water partition coefficient (Wildman–Crippen LogP) is 1.29. The second-order valence-electron chi connectivity index (χ2n) is 5.14. The molecule has 0 fully saturated rings. The minimum atomic E-state index is -4.00. The van der Waals surface area contributed by atoms with Gasteiger partial charge in [-0.2, -0.15) is 5.10 Å². The Kier molecular flexibility index (Phi) is 4.95. The lowest BCUT2D eigenvalue weighted by atomic mass is 10.2. The fourth-order valence-corrected chi connectivity index (χ4v) is 3.01. The van der Waals surface area contributed by atoms with Gasteiger partial charge in [0.2, 0.25) is 5.91 Å². The van der Waals surface area contributed by atoms with Crippen molar-refractivity contribution < 1.29 is 18.0 Å². The normalized spacial score (nSPS) is 11.2. The summed E-state index contributed by atoms with van der Waals surface area (Å²) in [6, 6.07) is 5.55. The standard InChI is InChI=1S/C15H17N3O4S/c1-11-9-16-18(10-11)7-6-15(20)17-23(21,22)14-5-3-4-13(8-14)12(2)19/h3-5,8-10H,6-7H2,1-2H3,(H,17,20). The second-order valence-corrected chi connectivity index (χ2v) is 6.83. The summed E-state index contributed by atoms with van der Waals surface area (Å²) in [6.45, 7) is 3.50. The number of rotatable bonds is 6. The third kappa shape index (κ3) is 4.49. The van der Waals surface area contributed by atoms with Crippen LogP contribution in [0.2, 0.25) is 0 Å². The van der Waals surface area contributed by atoms with Crippen LogP contribution in [0, 0.1) is 6.92 Å². The van der Waals surface area contributed by atoms with Crippen molar-refractivity contribution in [2.45, 2.75) is 31.7 Å². The van der Waals surface area contributed by atoms with Crippen LogP contribution in [0.3, 0.4) is 0 Å². The number of nitrogens with zero attached hydrogens (tertiary/aromatic N) is 2. The smallest absolute Gasteiger partial charge is 0.264 e. The lowest BCUT2D eigenvalue weighted by molar-refractivity contribution is -0.119. The predicted molar refractivity (Wildman–Crippen MR) is 83.4 cm³/mol. The molecule has 0 bridgehead atoms. The highest BCUT2D eigenvalue weighted by Crippen LogP contribution is 2.12. The Hall–Kier alpha value is -2.48. The summed E-state index contributed by atoms with van der Waals surface area (Å²) in [6.07, 6.45) is 3.40. The molecule has 0 aliphatic rings. The Bertz CT molecular complexity index is 840. The average Bonchev–Trinajstić information content (AvgIpc) is 2.90. The lowest BCUT2D eigenvalue weighted by Crippen LogP contribution is -2.31. The summed E-state index contributed by atoms with van der Waals surface area (Å²) in [5, 5.41) is 4.02. The summed E-state index contributed by atoms with van der Waals surface area (Å²) in [7, 11) is -4.00. The van der Waals surface area contributed by atoms with E-state index in [2.05, 4.69) is 5.10 Å². The highest BCUT2D eigenvalue weighted by molar-refractivity contribution is 7.90. The molecule has 0 radical (unpaired) electrons. The number of hydrogen-bond acceptors (Lipinski definition) is 5. The van der Waals surface area contributed by atoms with E-state index in [1.165, 1.54) is 31.2 Å². The zero-order valence-electron chi connectivity index (χ0n) is 12.8. The Morgan fingerprint density at radius 1 is 1.30 bits per heavy atom.